The van der Waals surface area contributed by atoms with Crippen molar-refractivity contribution in [3.05, 3.63) is 81.5 Å². The number of phosphoric acid groups is 1. The molecule has 0 aromatic heterocycles. The standard InChI is InChI=1S/C35H59O4P/c1-29(2)15-9-16-30(3)17-10-18-31(4)19-11-20-32(5)21-12-22-33(6)23-13-24-34(7)25-14-26-35(8)27-28-39-40(36,37)38/h15,17,19,21,23,25,27H,9-14,16,18,20,22,24,26,28H2,1-8H3,(H2,36,37,38). The van der Waals surface area contributed by atoms with Crippen LogP contribution in [0.1, 0.15) is 132 Å². The molecule has 0 saturated heterocycles. The summed E-state index contributed by atoms with van der Waals surface area (Å²) in [5, 5.41) is 0. The molecule has 0 bridgehead atoms. The number of phosphoric ester groups is 1. The van der Waals surface area contributed by atoms with Gasteiger partial charge in [0.1, 0.15) is 0 Å². The van der Waals surface area contributed by atoms with Gasteiger partial charge in [-0.2, -0.15) is 0 Å². The molecule has 5 heteroatoms. The van der Waals surface area contributed by atoms with E-state index in [4.69, 9.17) is 9.79 Å². The molecule has 0 spiro atoms. The third-order valence-corrected chi connectivity index (χ3v) is 7.41. The third kappa shape index (κ3) is 26.5. The van der Waals surface area contributed by atoms with Crippen molar-refractivity contribution >= 4 is 7.82 Å². The summed E-state index contributed by atoms with van der Waals surface area (Å²) in [6.45, 7) is 17.4. The highest BCUT2D eigenvalue weighted by molar-refractivity contribution is 7.46. The van der Waals surface area contributed by atoms with E-state index in [0.29, 0.717) is 0 Å². The fourth-order valence-corrected chi connectivity index (χ4v) is 4.48. The molecule has 0 aliphatic heterocycles. The first-order chi connectivity index (χ1) is 18.8. The van der Waals surface area contributed by atoms with Gasteiger partial charge in [0.05, 0.1) is 6.61 Å². The van der Waals surface area contributed by atoms with Crippen LogP contribution >= 0.6 is 7.82 Å². The molecule has 4 nitrogen and oxygen atoms in total. The van der Waals surface area contributed by atoms with E-state index in [2.05, 4.69) is 89.4 Å². The van der Waals surface area contributed by atoms with Crippen molar-refractivity contribution in [1.29, 1.82) is 0 Å². The number of hydrogen-bond acceptors (Lipinski definition) is 2. The molecule has 0 amide bonds. The van der Waals surface area contributed by atoms with E-state index >= 15 is 0 Å². The van der Waals surface area contributed by atoms with Gasteiger partial charge in [-0.25, -0.2) is 4.57 Å². The predicted molar refractivity (Wildman–Crippen MR) is 175 cm³/mol. The Hall–Kier alpha value is -1.71. The molecule has 0 aromatic carbocycles. The van der Waals surface area contributed by atoms with Crippen LogP contribution in [-0.4, -0.2) is 16.4 Å². The monoisotopic (exact) mass is 574 g/mol. The van der Waals surface area contributed by atoms with E-state index in [1.807, 2.05) is 6.92 Å². The Bertz CT molecular complexity index is 979. The summed E-state index contributed by atoms with van der Waals surface area (Å²) in [7, 11) is -4.38. The van der Waals surface area contributed by atoms with Gasteiger partial charge in [0.15, 0.2) is 0 Å². The summed E-state index contributed by atoms with van der Waals surface area (Å²) in [5.74, 6) is 0. The van der Waals surface area contributed by atoms with Gasteiger partial charge < -0.3 is 9.79 Å². The third-order valence-electron chi connectivity index (χ3n) is 6.92. The van der Waals surface area contributed by atoms with Gasteiger partial charge in [-0.3, -0.25) is 4.52 Å². The lowest BCUT2D eigenvalue weighted by molar-refractivity contribution is 0.215. The van der Waals surface area contributed by atoms with Gasteiger partial charge in [-0.1, -0.05) is 81.5 Å². The van der Waals surface area contributed by atoms with E-state index in [9.17, 15) is 4.57 Å². The molecule has 40 heavy (non-hydrogen) atoms. The summed E-state index contributed by atoms with van der Waals surface area (Å²) in [4.78, 5) is 17.4. The Balaban J connectivity index is 4.18. The molecule has 0 heterocycles. The molecular formula is C35H59O4P. The van der Waals surface area contributed by atoms with Crippen molar-refractivity contribution in [3.8, 4) is 0 Å². The Morgan fingerprint density at radius 1 is 0.475 bits per heavy atom. The maximum absolute atomic E-state index is 10.7. The molecule has 0 rings (SSSR count). The van der Waals surface area contributed by atoms with Crippen LogP contribution in [-0.2, 0) is 9.09 Å². The first-order valence-electron chi connectivity index (χ1n) is 15.1. The van der Waals surface area contributed by atoms with Crippen LogP contribution in [0.15, 0.2) is 81.5 Å². The second kappa shape index (κ2) is 22.9. The second-order valence-corrected chi connectivity index (χ2v) is 12.8. The topological polar surface area (TPSA) is 66.8 Å². The van der Waals surface area contributed by atoms with E-state index in [1.165, 1.54) is 39.9 Å². The SMILES string of the molecule is CC(C)=CCCC(C)=CCCC(C)=CCCC(C)=CCCC(C)=CCCC(C)=CCCC(C)=CCOP(=O)(O)O. The van der Waals surface area contributed by atoms with Crippen molar-refractivity contribution in [2.24, 2.45) is 0 Å². The zero-order valence-electron chi connectivity index (χ0n) is 26.9. The average molecular weight is 575 g/mol. The van der Waals surface area contributed by atoms with Crippen LogP contribution in [0, 0.1) is 0 Å². The number of allylic oxidation sites excluding steroid dienone is 13. The molecule has 0 aromatic rings. The highest BCUT2D eigenvalue weighted by atomic mass is 31.2. The molecule has 0 saturated carbocycles. The zero-order valence-corrected chi connectivity index (χ0v) is 27.8. The van der Waals surface area contributed by atoms with Crippen LogP contribution in [0.25, 0.3) is 0 Å². The smallest absolute Gasteiger partial charge is 0.303 e. The first kappa shape index (κ1) is 38.3. The van der Waals surface area contributed by atoms with Crippen molar-refractivity contribution < 1.29 is 18.9 Å². The minimum absolute atomic E-state index is 0.0518. The van der Waals surface area contributed by atoms with Gasteiger partial charge in [-0.15, -0.1) is 0 Å². The average Bonchev–Trinajstić information content (AvgIpc) is 2.83. The van der Waals surface area contributed by atoms with Gasteiger partial charge in [0, 0.05) is 0 Å². The highest BCUT2D eigenvalue weighted by Gasteiger charge is 2.11. The lowest BCUT2D eigenvalue weighted by Crippen LogP contribution is -1.89. The number of rotatable bonds is 21. The molecule has 0 fully saturated rings. The van der Waals surface area contributed by atoms with E-state index < -0.39 is 7.82 Å². The highest BCUT2D eigenvalue weighted by Crippen LogP contribution is 2.35. The van der Waals surface area contributed by atoms with Crippen molar-refractivity contribution in [2.75, 3.05) is 6.61 Å². The Kier molecular flexibility index (Phi) is 21.9. The fraction of sp³-hybridized carbons (Fsp3) is 0.600. The molecule has 0 aliphatic carbocycles. The minimum atomic E-state index is -4.38. The fourth-order valence-electron chi connectivity index (χ4n) is 4.21. The molecule has 0 atom stereocenters. The number of hydrogen-bond donors (Lipinski definition) is 2. The maximum Gasteiger partial charge on any atom is 0.469 e. The summed E-state index contributed by atoms with van der Waals surface area (Å²) in [6, 6.07) is 0. The summed E-state index contributed by atoms with van der Waals surface area (Å²) < 4.78 is 15.2. The van der Waals surface area contributed by atoms with Crippen LogP contribution in [0.3, 0.4) is 0 Å². The van der Waals surface area contributed by atoms with Crippen LogP contribution < -0.4 is 0 Å². The molecular weight excluding hydrogens is 515 g/mol. The summed E-state index contributed by atoms with van der Waals surface area (Å²) in [5.41, 5.74) is 9.82. The molecule has 0 unspecified atom stereocenters. The van der Waals surface area contributed by atoms with Gasteiger partial charge in [-0.05, 0) is 132 Å². The molecule has 2 N–H and O–H groups in total. The van der Waals surface area contributed by atoms with Crippen LogP contribution in [0.5, 0.6) is 0 Å². The largest absolute Gasteiger partial charge is 0.469 e. The van der Waals surface area contributed by atoms with Gasteiger partial charge in [0.25, 0.3) is 0 Å². The van der Waals surface area contributed by atoms with E-state index in [-0.39, 0.29) is 6.61 Å². The van der Waals surface area contributed by atoms with Crippen molar-refractivity contribution in [3.63, 3.8) is 0 Å². The summed E-state index contributed by atoms with van der Waals surface area (Å²) >= 11 is 0. The van der Waals surface area contributed by atoms with E-state index in [1.54, 1.807) is 6.08 Å². The Labute approximate surface area is 247 Å². The second-order valence-electron chi connectivity index (χ2n) is 11.6. The van der Waals surface area contributed by atoms with Gasteiger partial charge >= 0.3 is 7.82 Å². The molecule has 228 valence electrons. The van der Waals surface area contributed by atoms with Gasteiger partial charge in [0.2, 0.25) is 0 Å². The Morgan fingerprint density at radius 2 is 0.725 bits per heavy atom. The van der Waals surface area contributed by atoms with Crippen molar-refractivity contribution in [1.82, 2.24) is 0 Å². The van der Waals surface area contributed by atoms with Crippen molar-refractivity contribution in [2.45, 2.75) is 132 Å². The predicted octanol–water partition coefficient (Wildman–Crippen LogP) is 11.4. The lowest BCUT2D eigenvalue weighted by atomic mass is 10.0. The first-order valence-corrected chi connectivity index (χ1v) is 16.6. The molecule has 0 aliphatic rings. The Morgan fingerprint density at radius 3 is 0.975 bits per heavy atom. The summed E-state index contributed by atoms with van der Waals surface area (Å²) in [6.07, 6.45) is 29.0. The maximum atomic E-state index is 10.7. The van der Waals surface area contributed by atoms with E-state index in [0.717, 1.165) is 76.2 Å². The van der Waals surface area contributed by atoms with Crippen LogP contribution in [0.4, 0.5) is 0 Å². The quantitative estimate of drug-likeness (QED) is 0.106. The lowest BCUT2D eigenvalue weighted by Gasteiger charge is -2.04. The normalized spacial score (nSPS) is 14.7. The van der Waals surface area contributed by atoms with Crippen LogP contribution in [0.2, 0.25) is 0 Å². The zero-order chi connectivity index (χ0) is 30.4. The minimum Gasteiger partial charge on any atom is -0.303 e. The molecule has 0 radical (unpaired) electrons.